The van der Waals surface area contributed by atoms with Crippen LogP contribution in [0.4, 0.5) is 21.7 Å². The van der Waals surface area contributed by atoms with Crippen molar-refractivity contribution in [3.05, 3.63) is 41.6 Å². The highest BCUT2D eigenvalue weighted by Crippen LogP contribution is 2.42. The number of nitrogens with zero attached hydrogens (tertiary/aromatic N) is 3. The number of nitrogens with one attached hydrogen (secondary N) is 3. The van der Waals surface area contributed by atoms with Gasteiger partial charge in [0.1, 0.15) is 23.4 Å². The molecule has 12 nitrogen and oxygen atoms in total. The van der Waals surface area contributed by atoms with E-state index in [0.717, 1.165) is 24.1 Å². The van der Waals surface area contributed by atoms with E-state index in [1.807, 2.05) is 17.9 Å². The summed E-state index contributed by atoms with van der Waals surface area (Å²) in [6.07, 6.45) is 1.43. The van der Waals surface area contributed by atoms with Crippen molar-refractivity contribution in [2.75, 3.05) is 44.5 Å². The number of hydrogen-bond donors (Lipinski definition) is 3. The van der Waals surface area contributed by atoms with Crippen LogP contribution in [0.5, 0.6) is 17.2 Å². The van der Waals surface area contributed by atoms with E-state index in [-0.39, 0.29) is 28.3 Å². The summed E-state index contributed by atoms with van der Waals surface area (Å²) >= 11 is 0. The first-order valence-corrected chi connectivity index (χ1v) is 14.7. The average Bonchev–Trinajstić information content (AvgIpc) is 3.59. The molecule has 6 rings (SSSR count). The number of likely N-dealkylation sites (tertiary alicyclic amines) is 1. The maximum Gasteiger partial charge on any atom is 0.270 e. The van der Waals surface area contributed by atoms with Gasteiger partial charge in [-0.3, -0.25) is 14.7 Å². The summed E-state index contributed by atoms with van der Waals surface area (Å²) in [5.74, 6) is 1.72. The minimum absolute atomic E-state index is 0.0308. The Balaban J connectivity index is 1.30. The Morgan fingerprint density at radius 2 is 1.73 bits per heavy atom. The third-order valence-electron chi connectivity index (χ3n) is 7.55. The van der Waals surface area contributed by atoms with E-state index in [2.05, 4.69) is 25.4 Å². The van der Waals surface area contributed by atoms with E-state index in [1.54, 1.807) is 24.3 Å². The molecule has 4 aromatic rings. The molecule has 2 aromatic carbocycles. The number of benzene rings is 2. The third kappa shape index (κ3) is 5.12. The lowest BCUT2D eigenvalue weighted by Crippen LogP contribution is -2.49. The molecule has 2 fully saturated rings. The molecule has 1 saturated carbocycles. The lowest BCUT2D eigenvalue weighted by molar-refractivity contribution is 0.0329. The van der Waals surface area contributed by atoms with Gasteiger partial charge in [0.2, 0.25) is 0 Å². The molecule has 14 heteroatoms. The topological polar surface area (TPSA) is 144 Å². The summed E-state index contributed by atoms with van der Waals surface area (Å²) in [6.45, 7) is 2.55. The van der Waals surface area contributed by atoms with E-state index in [0.29, 0.717) is 47.2 Å². The van der Waals surface area contributed by atoms with E-state index in [9.17, 15) is 12.8 Å². The van der Waals surface area contributed by atoms with Gasteiger partial charge >= 0.3 is 0 Å². The summed E-state index contributed by atoms with van der Waals surface area (Å²) in [5.41, 5.74) is 2.72. The van der Waals surface area contributed by atoms with Gasteiger partial charge in [-0.05, 0) is 43.5 Å². The Morgan fingerprint density at radius 1 is 1.05 bits per heavy atom. The molecule has 0 radical (unpaired) electrons. The molecule has 2 aliphatic rings. The van der Waals surface area contributed by atoms with Gasteiger partial charge in [-0.1, -0.05) is 5.16 Å². The number of halogens is 1. The van der Waals surface area contributed by atoms with Gasteiger partial charge in [0.05, 0.1) is 32.4 Å². The number of aromatic amines is 1. The quantitative estimate of drug-likeness (QED) is 0.226. The lowest BCUT2D eigenvalue weighted by atomic mass is 10.0. The number of hydrogen-bond acceptors (Lipinski definition) is 10. The van der Waals surface area contributed by atoms with Crippen molar-refractivity contribution in [2.45, 2.75) is 42.8 Å². The molecule has 1 saturated heterocycles. The van der Waals surface area contributed by atoms with Crippen LogP contribution in [0.25, 0.3) is 11.0 Å². The molecule has 218 valence electrons. The molecular formula is C27H31FN6O6S. The van der Waals surface area contributed by atoms with Gasteiger partial charge in [-0.15, -0.1) is 0 Å². The van der Waals surface area contributed by atoms with Crippen LogP contribution in [0, 0.1) is 0 Å². The molecule has 0 bridgehead atoms. The minimum Gasteiger partial charge on any atom is -0.495 e. The summed E-state index contributed by atoms with van der Waals surface area (Å²) in [5, 5.41) is 14.9. The Bertz CT molecular complexity index is 1670. The number of ether oxygens (including phenoxy) is 3. The minimum atomic E-state index is -4.27. The standard InChI is InChI=1S/C27H31FN6O6S/c1-14(34-12-17(28)13-34)16-7-23(38-3)26(24(8-16)39-4)41(35,36)33-27-18-9-22(37-2)20(10-21(18)40-32-27)29-25-11-19(30-31-25)15-5-6-15/h7-11,14-15,17H,5-6,12-13H2,1-4H3,(H,32,33)(H2,29,30,31)/t14-/m0/s1. The number of sulfonamides is 1. The molecule has 1 atom stereocenters. The Labute approximate surface area is 236 Å². The van der Waals surface area contributed by atoms with Crippen LogP contribution in [-0.4, -0.2) is 69.3 Å². The van der Waals surface area contributed by atoms with Crippen LogP contribution in [0.15, 0.2) is 39.8 Å². The summed E-state index contributed by atoms with van der Waals surface area (Å²) < 4.78 is 65.3. The first-order valence-electron chi connectivity index (χ1n) is 13.2. The van der Waals surface area contributed by atoms with Gasteiger partial charge in [0, 0.05) is 42.9 Å². The van der Waals surface area contributed by atoms with Gasteiger partial charge in [-0.2, -0.15) is 5.10 Å². The zero-order valence-corrected chi connectivity index (χ0v) is 23.8. The second-order valence-corrected chi connectivity index (χ2v) is 11.9. The van der Waals surface area contributed by atoms with Gasteiger partial charge < -0.3 is 24.1 Å². The molecular weight excluding hydrogens is 555 g/mol. The highest BCUT2D eigenvalue weighted by Gasteiger charge is 2.34. The molecule has 1 aliphatic carbocycles. The number of aromatic nitrogens is 3. The number of H-pyrrole nitrogens is 1. The number of methoxy groups -OCH3 is 3. The normalized spacial score (nSPS) is 16.8. The van der Waals surface area contributed by atoms with E-state index in [4.69, 9.17) is 18.7 Å². The third-order valence-corrected chi connectivity index (χ3v) is 8.95. The Kier molecular flexibility index (Phi) is 6.90. The van der Waals surface area contributed by atoms with E-state index < -0.39 is 16.2 Å². The largest absolute Gasteiger partial charge is 0.495 e. The van der Waals surface area contributed by atoms with Crippen molar-refractivity contribution in [3.63, 3.8) is 0 Å². The first kappa shape index (κ1) is 27.1. The fraction of sp³-hybridized carbons (Fsp3) is 0.407. The summed E-state index contributed by atoms with van der Waals surface area (Å²) in [4.78, 5) is 1.75. The van der Waals surface area contributed by atoms with Crippen molar-refractivity contribution >= 4 is 38.3 Å². The van der Waals surface area contributed by atoms with Crippen molar-refractivity contribution < 1.29 is 31.5 Å². The van der Waals surface area contributed by atoms with Crippen LogP contribution in [0.1, 0.15) is 43.0 Å². The highest BCUT2D eigenvalue weighted by atomic mass is 32.2. The average molecular weight is 587 g/mol. The molecule has 1 aliphatic heterocycles. The number of rotatable bonds is 11. The van der Waals surface area contributed by atoms with Crippen LogP contribution >= 0.6 is 0 Å². The summed E-state index contributed by atoms with van der Waals surface area (Å²) in [7, 11) is -0.00511. The molecule has 3 heterocycles. The summed E-state index contributed by atoms with van der Waals surface area (Å²) in [6, 6.07) is 8.34. The number of alkyl halides is 1. The SMILES string of the molecule is COc1cc2c(NS(=O)(=O)c3c(OC)cc([C@H](C)N4CC(F)C4)cc3OC)noc2cc1Nc1cc(C2CC2)[nH]n1. The van der Waals surface area contributed by atoms with Crippen LogP contribution in [0.2, 0.25) is 0 Å². The smallest absolute Gasteiger partial charge is 0.270 e. The van der Waals surface area contributed by atoms with E-state index >= 15 is 0 Å². The molecule has 41 heavy (non-hydrogen) atoms. The maximum absolute atomic E-state index is 13.7. The fourth-order valence-electron chi connectivity index (χ4n) is 5.01. The van der Waals surface area contributed by atoms with E-state index in [1.165, 1.54) is 21.3 Å². The van der Waals surface area contributed by atoms with Crippen molar-refractivity contribution in [1.29, 1.82) is 0 Å². The molecule has 3 N–H and O–H groups in total. The van der Waals surface area contributed by atoms with Crippen LogP contribution in [0.3, 0.4) is 0 Å². The van der Waals surface area contributed by atoms with Crippen molar-refractivity contribution in [2.24, 2.45) is 0 Å². The second-order valence-electron chi connectivity index (χ2n) is 10.3. The number of fused-ring (bicyclic) bond motifs is 1. The molecule has 0 spiro atoms. The van der Waals surface area contributed by atoms with Crippen LogP contribution in [-0.2, 0) is 10.0 Å². The van der Waals surface area contributed by atoms with Crippen LogP contribution < -0.4 is 24.2 Å². The van der Waals surface area contributed by atoms with Gasteiger partial charge in [-0.25, -0.2) is 12.8 Å². The second kappa shape index (κ2) is 10.4. The van der Waals surface area contributed by atoms with Crippen molar-refractivity contribution in [3.8, 4) is 17.2 Å². The lowest BCUT2D eigenvalue weighted by Gasteiger charge is -2.39. The molecule has 0 amide bonds. The zero-order valence-electron chi connectivity index (χ0n) is 23.0. The van der Waals surface area contributed by atoms with Crippen molar-refractivity contribution in [1.82, 2.24) is 20.3 Å². The van der Waals surface area contributed by atoms with Gasteiger partial charge in [0.15, 0.2) is 22.1 Å². The predicted octanol–water partition coefficient (Wildman–Crippen LogP) is 4.71. The number of anilines is 3. The zero-order chi connectivity index (χ0) is 28.9. The Morgan fingerprint density at radius 3 is 2.34 bits per heavy atom. The predicted molar refractivity (Wildman–Crippen MR) is 150 cm³/mol. The molecule has 0 unspecified atom stereocenters. The Hall–Kier alpha value is -4.04. The van der Waals surface area contributed by atoms with Gasteiger partial charge in [0.25, 0.3) is 10.0 Å². The first-order chi connectivity index (χ1) is 19.7. The fourth-order valence-corrected chi connectivity index (χ4v) is 6.33. The highest BCUT2D eigenvalue weighted by molar-refractivity contribution is 7.93. The molecule has 2 aromatic heterocycles. The monoisotopic (exact) mass is 586 g/mol. The maximum atomic E-state index is 13.7.